The Morgan fingerprint density at radius 1 is 1.22 bits per heavy atom. The van der Waals surface area contributed by atoms with Gasteiger partial charge in [-0.1, -0.05) is 12.1 Å². The average molecular weight is 245 g/mol. The van der Waals surface area contributed by atoms with Crippen molar-refractivity contribution in [2.45, 2.75) is 6.54 Å². The fraction of sp³-hybridized carbons (Fsp3) is 0.0769. The average Bonchev–Trinajstić information content (AvgIpc) is 2.40. The number of nitrogens with zero attached hydrogens (tertiary/aromatic N) is 1. The van der Waals surface area contributed by atoms with E-state index in [4.69, 9.17) is 5.73 Å². The van der Waals surface area contributed by atoms with Gasteiger partial charge in [-0.05, 0) is 29.8 Å². The summed E-state index contributed by atoms with van der Waals surface area (Å²) in [5, 5.41) is 2.66. The van der Waals surface area contributed by atoms with Crippen LogP contribution in [0.5, 0.6) is 0 Å². The molecule has 3 N–H and O–H groups in total. The Bertz CT molecular complexity index is 537. The van der Waals surface area contributed by atoms with Gasteiger partial charge in [-0.3, -0.25) is 4.79 Å². The molecule has 0 spiro atoms. The minimum atomic E-state index is -0.473. The molecule has 18 heavy (non-hydrogen) atoms. The third kappa shape index (κ3) is 2.89. The van der Waals surface area contributed by atoms with E-state index in [9.17, 15) is 9.18 Å². The first-order chi connectivity index (χ1) is 8.69. The van der Waals surface area contributed by atoms with E-state index < -0.39 is 5.82 Å². The van der Waals surface area contributed by atoms with Crippen LogP contribution in [0.2, 0.25) is 0 Å². The van der Waals surface area contributed by atoms with Crippen molar-refractivity contribution in [3.05, 3.63) is 59.7 Å². The van der Waals surface area contributed by atoms with Gasteiger partial charge in [0, 0.05) is 12.2 Å². The highest BCUT2D eigenvalue weighted by Gasteiger charge is 2.07. The number of hydrogen-bond donors (Lipinski definition) is 2. The van der Waals surface area contributed by atoms with E-state index >= 15 is 0 Å². The summed E-state index contributed by atoms with van der Waals surface area (Å²) in [5.41, 5.74) is 7.26. The Morgan fingerprint density at radius 2 is 1.94 bits per heavy atom. The highest BCUT2D eigenvalue weighted by molar-refractivity contribution is 6.02. The fourth-order valence-electron chi connectivity index (χ4n) is 1.43. The summed E-state index contributed by atoms with van der Waals surface area (Å²) < 4.78 is 12.7. The summed E-state index contributed by atoms with van der Waals surface area (Å²) in [5.74, 6) is -0.852. The minimum absolute atomic E-state index is 0.166. The second kappa shape index (κ2) is 5.37. The zero-order valence-electron chi connectivity index (χ0n) is 9.56. The second-order valence-corrected chi connectivity index (χ2v) is 3.72. The Hall–Kier alpha value is -2.27. The first kappa shape index (κ1) is 12.2. The summed E-state index contributed by atoms with van der Waals surface area (Å²) >= 11 is 0. The van der Waals surface area contributed by atoms with Crippen LogP contribution in [0, 0.1) is 5.82 Å². The van der Waals surface area contributed by atoms with Crippen molar-refractivity contribution in [2.24, 2.45) is 5.73 Å². The van der Waals surface area contributed by atoms with Gasteiger partial charge in [-0.2, -0.15) is 0 Å². The number of halogens is 1. The molecule has 0 aliphatic rings. The van der Waals surface area contributed by atoms with Gasteiger partial charge >= 0.3 is 0 Å². The summed E-state index contributed by atoms with van der Waals surface area (Å²) in [7, 11) is 0. The van der Waals surface area contributed by atoms with Crippen LogP contribution in [-0.4, -0.2) is 10.9 Å². The fourth-order valence-corrected chi connectivity index (χ4v) is 1.43. The van der Waals surface area contributed by atoms with Crippen LogP contribution in [0.15, 0.2) is 42.6 Å². The van der Waals surface area contributed by atoms with Gasteiger partial charge in [0.1, 0.15) is 11.5 Å². The third-order valence-corrected chi connectivity index (χ3v) is 2.41. The van der Waals surface area contributed by atoms with Crippen LogP contribution in [-0.2, 0) is 6.54 Å². The van der Waals surface area contributed by atoms with Crippen LogP contribution in [0.1, 0.15) is 16.1 Å². The second-order valence-electron chi connectivity index (χ2n) is 3.72. The Morgan fingerprint density at radius 3 is 2.50 bits per heavy atom. The van der Waals surface area contributed by atoms with Crippen LogP contribution in [0.25, 0.3) is 0 Å². The molecule has 1 heterocycles. The molecular weight excluding hydrogens is 233 g/mol. The van der Waals surface area contributed by atoms with Crippen molar-refractivity contribution >= 4 is 11.6 Å². The van der Waals surface area contributed by atoms with Crippen molar-refractivity contribution in [1.29, 1.82) is 0 Å². The van der Waals surface area contributed by atoms with Crippen molar-refractivity contribution < 1.29 is 9.18 Å². The number of benzene rings is 1. The molecule has 4 nitrogen and oxygen atoms in total. The minimum Gasteiger partial charge on any atom is -0.326 e. The molecule has 1 aromatic carbocycles. The van der Waals surface area contributed by atoms with E-state index in [1.165, 1.54) is 12.1 Å². The van der Waals surface area contributed by atoms with E-state index in [1.807, 2.05) is 12.1 Å². The number of amides is 1. The van der Waals surface area contributed by atoms with Gasteiger partial charge < -0.3 is 11.1 Å². The zero-order chi connectivity index (χ0) is 13.0. The summed E-state index contributed by atoms with van der Waals surface area (Å²) in [6.07, 6.45) is 1.01. The van der Waals surface area contributed by atoms with E-state index in [0.717, 1.165) is 11.8 Å². The monoisotopic (exact) mass is 245 g/mol. The number of aromatic nitrogens is 1. The molecule has 2 rings (SSSR count). The quantitative estimate of drug-likeness (QED) is 0.868. The van der Waals surface area contributed by atoms with E-state index in [-0.39, 0.29) is 11.6 Å². The maximum Gasteiger partial charge on any atom is 0.274 e. The molecular formula is C13H12FN3O. The van der Waals surface area contributed by atoms with Crippen molar-refractivity contribution in [1.82, 2.24) is 4.98 Å². The topological polar surface area (TPSA) is 68.0 Å². The summed E-state index contributed by atoms with van der Waals surface area (Å²) in [4.78, 5) is 15.5. The number of carbonyl (C=O) groups excluding carboxylic acids is 1. The molecule has 0 aliphatic heterocycles. The third-order valence-electron chi connectivity index (χ3n) is 2.41. The molecule has 92 valence electrons. The summed E-state index contributed by atoms with van der Waals surface area (Å²) in [6, 6.07) is 9.69. The standard InChI is InChI=1S/C13H12FN3O/c14-10-3-6-12(16-8-10)13(18)17-11-4-1-9(7-15)2-5-11/h1-6,8H,7,15H2,(H,17,18). The number of carbonyl (C=O) groups is 1. The lowest BCUT2D eigenvalue weighted by Gasteiger charge is -2.05. The van der Waals surface area contributed by atoms with E-state index in [0.29, 0.717) is 12.2 Å². The SMILES string of the molecule is NCc1ccc(NC(=O)c2ccc(F)cn2)cc1. The normalized spacial score (nSPS) is 10.1. The molecule has 1 aromatic heterocycles. The van der Waals surface area contributed by atoms with Gasteiger partial charge in [-0.25, -0.2) is 9.37 Å². The largest absolute Gasteiger partial charge is 0.326 e. The van der Waals surface area contributed by atoms with Gasteiger partial charge in [0.15, 0.2) is 0 Å². The maximum absolute atomic E-state index is 12.7. The summed E-state index contributed by atoms with van der Waals surface area (Å²) in [6.45, 7) is 0.452. The van der Waals surface area contributed by atoms with Crippen LogP contribution in [0.4, 0.5) is 10.1 Å². The molecule has 5 heteroatoms. The van der Waals surface area contributed by atoms with Gasteiger partial charge in [-0.15, -0.1) is 0 Å². The molecule has 0 fully saturated rings. The molecule has 2 aromatic rings. The van der Waals surface area contributed by atoms with Gasteiger partial charge in [0.25, 0.3) is 5.91 Å². The molecule has 0 saturated heterocycles. The first-order valence-corrected chi connectivity index (χ1v) is 5.41. The number of anilines is 1. The molecule has 0 radical (unpaired) electrons. The number of rotatable bonds is 3. The van der Waals surface area contributed by atoms with Crippen LogP contribution >= 0.6 is 0 Å². The van der Waals surface area contributed by atoms with Gasteiger partial charge in [0.05, 0.1) is 6.20 Å². The molecule has 0 unspecified atom stereocenters. The number of nitrogens with two attached hydrogens (primary N) is 1. The lowest BCUT2D eigenvalue weighted by molar-refractivity contribution is 0.102. The molecule has 0 saturated carbocycles. The van der Waals surface area contributed by atoms with Crippen LogP contribution < -0.4 is 11.1 Å². The highest BCUT2D eigenvalue weighted by Crippen LogP contribution is 2.10. The molecule has 1 amide bonds. The Kier molecular flexibility index (Phi) is 3.64. The maximum atomic E-state index is 12.7. The van der Waals surface area contributed by atoms with Gasteiger partial charge in [0.2, 0.25) is 0 Å². The van der Waals surface area contributed by atoms with E-state index in [2.05, 4.69) is 10.3 Å². The molecule has 0 aliphatic carbocycles. The highest BCUT2D eigenvalue weighted by atomic mass is 19.1. The lowest BCUT2D eigenvalue weighted by atomic mass is 10.2. The predicted octanol–water partition coefficient (Wildman–Crippen LogP) is 1.93. The smallest absolute Gasteiger partial charge is 0.274 e. The van der Waals surface area contributed by atoms with Crippen molar-refractivity contribution in [3.63, 3.8) is 0 Å². The number of pyridine rings is 1. The zero-order valence-corrected chi connectivity index (χ0v) is 9.56. The Labute approximate surface area is 104 Å². The Balaban J connectivity index is 2.08. The number of hydrogen-bond acceptors (Lipinski definition) is 3. The van der Waals surface area contributed by atoms with Crippen LogP contribution in [0.3, 0.4) is 0 Å². The first-order valence-electron chi connectivity index (χ1n) is 5.41. The predicted molar refractivity (Wildman–Crippen MR) is 66.5 cm³/mol. The van der Waals surface area contributed by atoms with Crippen molar-refractivity contribution in [3.8, 4) is 0 Å². The van der Waals surface area contributed by atoms with E-state index in [1.54, 1.807) is 12.1 Å². The molecule has 0 atom stereocenters. The number of nitrogens with one attached hydrogen (secondary N) is 1. The molecule has 0 bridgehead atoms. The lowest BCUT2D eigenvalue weighted by Crippen LogP contribution is -2.13. The van der Waals surface area contributed by atoms with Crippen molar-refractivity contribution in [2.75, 3.05) is 5.32 Å².